The Balaban J connectivity index is 1.69. The van der Waals surface area contributed by atoms with Crippen LogP contribution in [0.4, 0.5) is 0 Å². The molecule has 2 fully saturated rings. The molecule has 2 rings (SSSR count). The zero-order valence-corrected chi connectivity index (χ0v) is 10.2. The Bertz CT molecular complexity index is 205. The summed E-state index contributed by atoms with van der Waals surface area (Å²) in [5, 5.41) is 9.80. The maximum atomic E-state index is 9.80. The van der Waals surface area contributed by atoms with Crippen molar-refractivity contribution in [3.8, 4) is 0 Å². The summed E-state index contributed by atoms with van der Waals surface area (Å²) in [5.74, 6) is 2.24. The highest BCUT2D eigenvalue weighted by Crippen LogP contribution is 2.38. The average molecular weight is 211 g/mol. The van der Waals surface area contributed by atoms with Gasteiger partial charge in [0, 0.05) is 19.0 Å². The average Bonchev–Trinajstić information content (AvgIpc) is 2.69. The van der Waals surface area contributed by atoms with Crippen molar-refractivity contribution in [1.82, 2.24) is 4.90 Å². The number of aliphatic hydroxyl groups is 1. The molecule has 1 aliphatic carbocycles. The first-order chi connectivity index (χ1) is 7.16. The number of fused-ring (bicyclic) bond motifs is 1. The van der Waals surface area contributed by atoms with Crippen molar-refractivity contribution in [2.45, 2.75) is 45.6 Å². The molecule has 3 atom stereocenters. The van der Waals surface area contributed by atoms with Crippen molar-refractivity contribution >= 4 is 0 Å². The lowest BCUT2D eigenvalue weighted by Crippen LogP contribution is -2.25. The largest absolute Gasteiger partial charge is 0.393 e. The van der Waals surface area contributed by atoms with Gasteiger partial charge < -0.3 is 10.0 Å². The standard InChI is InChI=1S/C13H25NO/c1-10(2)4-3-7-14-8-11-5-6-13(15)12(11)9-14/h10-13,15H,3-9H2,1-2H3. The highest BCUT2D eigenvalue weighted by Gasteiger charge is 2.41. The van der Waals surface area contributed by atoms with E-state index in [4.69, 9.17) is 0 Å². The Kier molecular flexibility index (Phi) is 3.68. The molecule has 2 aliphatic rings. The fourth-order valence-electron chi connectivity index (χ4n) is 3.23. The summed E-state index contributed by atoms with van der Waals surface area (Å²) in [6, 6.07) is 0. The van der Waals surface area contributed by atoms with Gasteiger partial charge in [-0.25, -0.2) is 0 Å². The summed E-state index contributed by atoms with van der Waals surface area (Å²) < 4.78 is 0. The Morgan fingerprint density at radius 1 is 1.27 bits per heavy atom. The van der Waals surface area contributed by atoms with Gasteiger partial charge >= 0.3 is 0 Å². The van der Waals surface area contributed by atoms with Crippen LogP contribution in [0.5, 0.6) is 0 Å². The van der Waals surface area contributed by atoms with Crippen molar-refractivity contribution in [2.24, 2.45) is 17.8 Å². The molecule has 2 heteroatoms. The molecule has 0 aromatic carbocycles. The molecule has 2 nitrogen and oxygen atoms in total. The van der Waals surface area contributed by atoms with Crippen LogP contribution in [0.1, 0.15) is 39.5 Å². The lowest BCUT2D eigenvalue weighted by atomic mass is 10.00. The minimum absolute atomic E-state index is 0.00472. The van der Waals surface area contributed by atoms with E-state index in [1.54, 1.807) is 0 Å². The molecule has 0 aromatic rings. The number of rotatable bonds is 4. The van der Waals surface area contributed by atoms with Gasteiger partial charge in [-0.05, 0) is 44.1 Å². The van der Waals surface area contributed by atoms with Crippen LogP contribution in [0.2, 0.25) is 0 Å². The van der Waals surface area contributed by atoms with E-state index in [9.17, 15) is 5.11 Å². The monoisotopic (exact) mass is 211 g/mol. The molecule has 15 heavy (non-hydrogen) atoms. The van der Waals surface area contributed by atoms with Crippen LogP contribution < -0.4 is 0 Å². The summed E-state index contributed by atoms with van der Waals surface area (Å²) >= 11 is 0. The third-order valence-electron chi connectivity index (χ3n) is 4.15. The molecule has 0 aromatic heterocycles. The van der Waals surface area contributed by atoms with Crippen molar-refractivity contribution in [1.29, 1.82) is 0 Å². The molecule has 1 aliphatic heterocycles. The highest BCUT2D eigenvalue weighted by atomic mass is 16.3. The summed E-state index contributed by atoms with van der Waals surface area (Å²) in [6.45, 7) is 8.24. The van der Waals surface area contributed by atoms with E-state index in [2.05, 4.69) is 18.7 Å². The normalized spacial score (nSPS) is 36.4. The Morgan fingerprint density at radius 2 is 2.07 bits per heavy atom. The first-order valence-corrected chi connectivity index (χ1v) is 6.57. The zero-order chi connectivity index (χ0) is 10.8. The SMILES string of the molecule is CC(C)CCCN1CC2CCC(O)C2C1. The molecule has 0 spiro atoms. The van der Waals surface area contributed by atoms with Gasteiger partial charge in [0.05, 0.1) is 6.10 Å². The van der Waals surface area contributed by atoms with E-state index in [1.807, 2.05) is 0 Å². The zero-order valence-electron chi connectivity index (χ0n) is 10.2. The van der Waals surface area contributed by atoms with Crippen molar-refractivity contribution < 1.29 is 5.11 Å². The molecular formula is C13H25NO. The van der Waals surface area contributed by atoms with Gasteiger partial charge in [0.1, 0.15) is 0 Å². The number of hydrogen-bond donors (Lipinski definition) is 1. The predicted molar refractivity (Wildman–Crippen MR) is 62.7 cm³/mol. The van der Waals surface area contributed by atoms with Crippen LogP contribution in [0, 0.1) is 17.8 Å². The molecule has 0 bridgehead atoms. The molecule has 0 radical (unpaired) electrons. The van der Waals surface area contributed by atoms with Crippen LogP contribution in [0.15, 0.2) is 0 Å². The summed E-state index contributed by atoms with van der Waals surface area (Å²) in [5.41, 5.74) is 0. The Labute approximate surface area is 93.7 Å². The minimum atomic E-state index is 0.00472. The lowest BCUT2D eigenvalue weighted by Gasteiger charge is -2.18. The van der Waals surface area contributed by atoms with E-state index >= 15 is 0 Å². The fourth-order valence-corrected chi connectivity index (χ4v) is 3.23. The van der Waals surface area contributed by atoms with E-state index < -0.39 is 0 Å². The molecule has 88 valence electrons. The van der Waals surface area contributed by atoms with Crippen LogP contribution >= 0.6 is 0 Å². The predicted octanol–water partition coefficient (Wildman–Crippen LogP) is 2.13. The molecule has 1 saturated heterocycles. The van der Waals surface area contributed by atoms with Gasteiger partial charge in [0.2, 0.25) is 0 Å². The van der Waals surface area contributed by atoms with E-state index in [1.165, 1.54) is 32.4 Å². The first-order valence-electron chi connectivity index (χ1n) is 6.57. The minimum Gasteiger partial charge on any atom is -0.393 e. The quantitative estimate of drug-likeness (QED) is 0.770. The second kappa shape index (κ2) is 4.84. The van der Waals surface area contributed by atoms with Gasteiger partial charge in [-0.15, -0.1) is 0 Å². The smallest absolute Gasteiger partial charge is 0.0583 e. The summed E-state index contributed by atoms with van der Waals surface area (Å²) in [6.07, 6.45) is 4.98. The number of hydrogen-bond acceptors (Lipinski definition) is 2. The van der Waals surface area contributed by atoms with Crippen LogP contribution in [-0.2, 0) is 0 Å². The second-order valence-electron chi connectivity index (χ2n) is 5.86. The Morgan fingerprint density at radius 3 is 2.73 bits per heavy atom. The number of likely N-dealkylation sites (tertiary alicyclic amines) is 1. The van der Waals surface area contributed by atoms with Crippen molar-refractivity contribution in [3.05, 3.63) is 0 Å². The lowest BCUT2D eigenvalue weighted by molar-refractivity contribution is 0.124. The Hall–Kier alpha value is -0.0800. The second-order valence-corrected chi connectivity index (χ2v) is 5.86. The van der Waals surface area contributed by atoms with E-state index in [0.29, 0.717) is 5.92 Å². The van der Waals surface area contributed by atoms with E-state index in [0.717, 1.165) is 24.8 Å². The highest BCUT2D eigenvalue weighted by molar-refractivity contribution is 4.93. The molecule has 1 saturated carbocycles. The molecule has 1 heterocycles. The molecular weight excluding hydrogens is 186 g/mol. The van der Waals surface area contributed by atoms with E-state index in [-0.39, 0.29) is 6.10 Å². The molecule has 1 N–H and O–H groups in total. The van der Waals surface area contributed by atoms with Gasteiger partial charge in [-0.1, -0.05) is 13.8 Å². The van der Waals surface area contributed by atoms with Crippen LogP contribution in [0.25, 0.3) is 0 Å². The molecule has 3 unspecified atom stereocenters. The van der Waals surface area contributed by atoms with Crippen LogP contribution in [0.3, 0.4) is 0 Å². The third kappa shape index (κ3) is 2.73. The third-order valence-corrected chi connectivity index (χ3v) is 4.15. The van der Waals surface area contributed by atoms with Crippen molar-refractivity contribution in [2.75, 3.05) is 19.6 Å². The van der Waals surface area contributed by atoms with Gasteiger partial charge in [-0.2, -0.15) is 0 Å². The van der Waals surface area contributed by atoms with Gasteiger partial charge in [0.15, 0.2) is 0 Å². The first kappa shape index (κ1) is 11.4. The van der Waals surface area contributed by atoms with Gasteiger partial charge in [-0.3, -0.25) is 0 Å². The summed E-state index contributed by atoms with van der Waals surface area (Å²) in [4.78, 5) is 2.57. The van der Waals surface area contributed by atoms with Crippen molar-refractivity contribution in [3.63, 3.8) is 0 Å². The fraction of sp³-hybridized carbons (Fsp3) is 1.00. The maximum absolute atomic E-state index is 9.80. The summed E-state index contributed by atoms with van der Waals surface area (Å²) in [7, 11) is 0. The molecule has 0 amide bonds. The maximum Gasteiger partial charge on any atom is 0.0583 e. The van der Waals surface area contributed by atoms with Gasteiger partial charge in [0.25, 0.3) is 0 Å². The number of nitrogens with zero attached hydrogens (tertiary/aromatic N) is 1. The van der Waals surface area contributed by atoms with Crippen LogP contribution in [-0.4, -0.2) is 35.7 Å². The number of aliphatic hydroxyl groups excluding tert-OH is 1. The topological polar surface area (TPSA) is 23.5 Å².